The van der Waals surface area contributed by atoms with Gasteiger partial charge in [-0.05, 0) is 47.9 Å². The number of hydrogen-bond acceptors (Lipinski definition) is 4. The van der Waals surface area contributed by atoms with Gasteiger partial charge in [0.05, 0.1) is 13.2 Å². The molecule has 6 heteroatoms. The van der Waals surface area contributed by atoms with Gasteiger partial charge in [0.25, 0.3) is 11.8 Å². The second kappa shape index (κ2) is 9.37. The summed E-state index contributed by atoms with van der Waals surface area (Å²) in [6.07, 6.45) is 0. The lowest BCUT2D eigenvalue weighted by atomic mass is 10.0. The van der Waals surface area contributed by atoms with Crippen molar-refractivity contribution in [2.24, 2.45) is 0 Å². The Bertz CT molecular complexity index is 794. The molecule has 1 aliphatic heterocycles. The molecule has 0 bridgehead atoms. The minimum atomic E-state index is -0.250. The number of ether oxygens (including phenoxy) is 2. The largest absolute Gasteiger partial charge is 0.484 e. The second-order valence-electron chi connectivity index (χ2n) is 7.04. The summed E-state index contributed by atoms with van der Waals surface area (Å²) in [7, 11) is 0. The van der Waals surface area contributed by atoms with Crippen molar-refractivity contribution in [3.8, 4) is 5.75 Å². The number of benzene rings is 2. The summed E-state index contributed by atoms with van der Waals surface area (Å²) in [4.78, 5) is 26.3. The zero-order valence-electron chi connectivity index (χ0n) is 16.3. The van der Waals surface area contributed by atoms with Crippen LogP contribution >= 0.6 is 0 Å². The Labute approximate surface area is 165 Å². The maximum atomic E-state index is 12.4. The number of rotatable bonds is 6. The molecule has 0 radical (unpaired) electrons. The summed E-state index contributed by atoms with van der Waals surface area (Å²) >= 11 is 0. The van der Waals surface area contributed by atoms with Gasteiger partial charge < -0.3 is 19.7 Å². The number of nitrogens with one attached hydrogen (secondary N) is 1. The second-order valence-corrected chi connectivity index (χ2v) is 7.04. The summed E-state index contributed by atoms with van der Waals surface area (Å²) in [5.74, 6) is 0.844. The fourth-order valence-electron chi connectivity index (χ4n) is 2.94. The van der Waals surface area contributed by atoms with Crippen LogP contribution in [0.4, 0.5) is 5.69 Å². The van der Waals surface area contributed by atoms with Crippen LogP contribution in [-0.4, -0.2) is 49.6 Å². The maximum Gasteiger partial charge on any atom is 0.262 e. The lowest BCUT2D eigenvalue weighted by Gasteiger charge is -2.26. The van der Waals surface area contributed by atoms with Crippen molar-refractivity contribution < 1.29 is 19.1 Å². The lowest BCUT2D eigenvalue weighted by Crippen LogP contribution is -2.40. The zero-order valence-corrected chi connectivity index (χ0v) is 16.3. The predicted molar refractivity (Wildman–Crippen MR) is 108 cm³/mol. The minimum absolute atomic E-state index is 0.0191. The van der Waals surface area contributed by atoms with Crippen LogP contribution in [0, 0.1) is 0 Å². The van der Waals surface area contributed by atoms with E-state index in [1.807, 2.05) is 24.3 Å². The Balaban J connectivity index is 1.49. The van der Waals surface area contributed by atoms with Gasteiger partial charge in [-0.25, -0.2) is 0 Å². The molecule has 2 aromatic carbocycles. The van der Waals surface area contributed by atoms with Crippen LogP contribution in [0.25, 0.3) is 0 Å². The molecule has 0 atom stereocenters. The summed E-state index contributed by atoms with van der Waals surface area (Å²) in [6, 6.07) is 14.6. The average molecular weight is 382 g/mol. The molecule has 2 amide bonds. The van der Waals surface area contributed by atoms with E-state index < -0.39 is 0 Å². The molecule has 28 heavy (non-hydrogen) atoms. The average Bonchev–Trinajstić information content (AvgIpc) is 2.73. The molecule has 1 saturated heterocycles. The van der Waals surface area contributed by atoms with Crippen molar-refractivity contribution in [2.75, 3.05) is 38.2 Å². The Morgan fingerprint density at radius 3 is 2.29 bits per heavy atom. The molecule has 1 aliphatic rings. The van der Waals surface area contributed by atoms with Crippen molar-refractivity contribution in [3.63, 3.8) is 0 Å². The van der Waals surface area contributed by atoms with Crippen molar-refractivity contribution in [1.82, 2.24) is 4.90 Å². The molecule has 1 fully saturated rings. The summed E-state index contributed by atoms with van der Waals surface area (Å²) < 4.78 is 10.8. The Morgan fingerprint density at radius 1 is 1.04 bits per heavy atom. The van der Waals surface area contributed by atoms with E-state index in [-0.39, 0.29) is 18.4 Å². The zero-order chi connectivity index (χ0) is 19.9. The molecule has 2 aromatic rings. The fourth-order valence-corrected chi connectivity index (χ4v) is 2.94. The third-order valence-corrected chi connectivity index (χ3v) is 4.63. The number of hydrogen-bond donors (Lipinski definition) is 1. The number of carbonyl (C=O) groups is 2. The van der Waals surface area contributed by atoms with Gasteiger partial charge in [-0.1, -0.05) is 26.0 Å². The smallest absolute Gasteiger partial charge is 0.262 e. The molecule has 3 rings (SSSR count). The molecule has 0 unspecified atom stereocenters. The Hall–Kier alpha value is -2.86. The van der Waals surface area contributed by atoms with E-state index >= 15 is 0 Å². The third kappa shape index (κ3) is 5.33. The molecule has 148 valence electrons. The summed E-state index contributed by atoms with van der Waals surface area (Å²) in [6.45, 7) is 6.53. The van der Waals surface area contributed by atoms with Crippen LogP contribution in [0.5, 0.6) is 5.75 Å². The number of morpholine rings is 1. The molecule has 1 heterocycles. The van der Waals surface area contributed by atoms with Crippen LogP contribution in [0.1, 0.15) is 35.7 Å². The highest BCUT2D eigenvalue weighted by Crippen LogP contribution is 2.18. The third-order valence-electron chi connectivity index (χ3n) is 4.63. The van der Waals surface area contributed by atoms with Crippen LogP contribution in [0.2, 0.25) is 0 Å². The van der Waals surface area contributed by atoms with Crippen LogP contribution < -0.4 is 10.1 Å². The molecule has 0 aromatic heterocycles. The molecule has 1 N–H and O–H groups in total. The SMILES string of the molecule is CC(C)c1ccc(OCC(=O)Nc2ccc(C(=O)N3CCOCC3)cc2)cc1. The van der Waals surface area contributed by atoms with Gasteiger partial charge in [0.1, 0.15) is 5.75 Å². The number of anilines is 1. The Morgan fingerprint density at radius 2 is 1.68 bits per heavy atom. The van der Waals surface area contributed by atoms with E-state index in [1.165, 1.54) is 5.56 Å². The molecule has 0 spiro atoms. The van der Waals surface area contributed by atoms with E-state index in [1.54, 1.807) is 29.2 Å². The number of carbonyl (C=O) groups excluding carboxylic acids is 2. The van der Waals surface area contributed by atoms with E-state index in [4.69, 9.17) is 9.47 Å². The van der Waals surface area contributed by atoms with E-state index in [0.717, 1.165) is 0 Å². The molecular weight excluding hydrogens is 356 g/mol. The van der Waals surface area contributed by atoms with Gasteiger partial charge in [-0.3, -0.25) is 9.59 Å². The summed E-state index contributed by atoms with van der Waals surface area (Å²) in [5, 5.41) is 2.78. The van der Waals surface area contributed by atoms with Gasteiger partial charge in [-0.2, -0.15) is 0 Å². The van der Waals surface area contributed by atoms with Crippen LogP contribution in [-0.2, 0) is 9.53 Å². The minimum Gasteiger partial charge on any atom is -0.484 e. The topological polar surface area (TPSA) is 67.9 Å². The van der Waals surface area contributed by atoms with E-state index in [9.17, 15) is 9.59 Å². The van der Waals surface area contributed by atoms with Crippen molar-refractivity contribution in [3.05, 3.63) is 59.7 Å². The van der Waals surface area contributed by atoms with Gasteiger partial charge in [-0.15, -0.1) is 0 Å². The summed E-state index contributed by atoms with van der Waals surface area (Å²) in [5.41, 5.74) is 2.45. The van der Waals surface area contributed by atoms with Crippen molar-refractivity contribution >= 4 is 17.5 Å². The quantitative estimate of drug-likeness (QED) is 0.832. The number of amides is 2. The monoisotopic (exact) mass is 382 g/mol. The van der Waals surface area contributed by atoms with E-state index in [0.29, 0.717) is 49.2 Å². The molecular formula is C22H26N2O4. The normalized spacial score (nSPS) is 14.0. The highest BCUT2D eigenvalue weighted by molar-refractivity contribution is 5.96. The van der Waals surface area contributed by atoms with E-state index in [2.05, 4.69) is 19.2 Å². The van der Waals surface area contributed by atoms with Gasteiger partial charge in [0.15, 0.2) is 6.61 Å². The van der Waals surface area contributed by atoms with Gasteiger partial charge >= 0.3 is 0 Å². The molecule has 0 saturated carbocycles. The first-order valence-electron chi connectivity index (χ1n) is 9.52. The molecule has 6 nitrogen and oxygen atoms in total. The first-order chi connectivity index (χ1) is 13.5. The standard InChI is InChI=1S/C22H26N2O4/c1-16(2)17-5-9-20(10-6-17)28-15-21(25)23-19-7-3-18(4-8-19)22(26)24-11-13-27-14-12-24/h3-10,16H,11-15H2,1-2H3,(H,23,25). The Kier molecular flexibility index (Phi) is 6.66. The van der Waals surface area contributed by atoms with Crippen molar-refractivity contribution in [2.45, 2.75) is 19.8 Å². The van der Waals surface area contributed by atoms with Gasteiger partial charge in [0.2, 0.25) is 0 Å². The first kappa shape index (κ1) is 19.9. The fraction of sp³-hybridized carbons (Fsp3) is 0.364. The van der Waals surface area contributed by atoms with Crippen LogP contribution in [0.3, 0.4) is 0 Å². The predicted octanol–water partition coefficient (Wildman–Crippen LogP) is 3.30. The number of nitrogens with zero attached hydrogens (tertiary/aromatic N) is 1. The maximum absolute atomic E-state index is 12.4. The van der Waals surface area contributed by atoms with Crippen LogP contribution in [0.15, 0.2) is 48.5 Å². The van der Waals surface area contributed by atoms with Gasteiger partial charge in [0, 0.05) is 24.3 Å². The highest BCUT2D eigenvalue weighted by atomic mass is 16.5. The first-order valence-corrected chi connectivity index (χ1v) is 9.52. The lowest BCUT2D eigenvalue weighted by molar-refractivity contribution is -0.118. The highest BCUT2D eigenvalue weighted by Gasteiger charge is 2.18. The molecule has 0 aliphatic carbocycles. The van der Waals surface area contributed by atoms with Crippen molar-refractivity contribution in [1.29, 1.82) is 0 Å².